The number of piperazine rings is 1. The van der Waals surface area contributed by atoms with Crippen LogP contribution in [0.15, 0.2) is 0 Å². The summed E-state index contributed by atoms with van der Waals surface area (Å²) in [6, 6.07) is 1.66. The van der Waals surface area contributed by atoms with Gasteiger partial charge in [-0.05, 0) is 13.8 Å². The first-order valence-electron chi connectivity index (χ1n) is 4.72. The van der Waals surface area contributed by atoms with Crippen molar-refractivity contribution in [3.05, 3.63) is 0 Å². The quantitative estimate of drug-likeness (QED) is 0.657. The summed E-state index contributed by atoms with van der Waals surface area (Å²) in [5.74, 6) is 0. The summed E-state index contributed by atoms with van der Waals surface area (Å²) in [6.45, 7) is 5.35. The maximum absolute atomic E-state index is 11.5. The van der Waals surface area contributed by atoms with E-state index in [-0.39, 0.29) is 6.10 Å². The average molecular weight is 197 g/mol. The second kappa shape index (κ2) is 4.82. The third-order valence-electron chi connectivity index (χ3n) is 1.96. The van der Waals surface area contributed by atoms with Crippen LogP contribution in [0.3, 0.4) is 0 Å². The average Bonchev–Trinajstić information content (AvgIpc) is 2.16. The van der Waals surface area contributed by atoms with Gasteiger partial charge in [0.05, 0.1) is 12.2 Å². The number of amides is 1. The second-order valence-electron chi connectivity index (χ2n) is 3.47. The van der Waals surface area contributed by atoms with Gasteiger partial charge in [0, 0.05) is 19.6 Å². The fourth-order valence-electron chi connectivity index (χ4n) is 1.31. The van der Waals surface area contributed by atoms with Crippen molar-refractivity contribution in [1.29, 1.82) is 5.26 Å². The maximum Gasteiger partial charge on any atom is 0.411 e. The Hall–Kier alpha value is -1.28. The van der Waals surface area contributed by atoms with Gasteiger partial charge in [0.15, 0.2) is 0 Å². The monoisotopic (exact) mass is 197 g/mol. The number of nitriles is 1. The van der Waals surface area contributed by atoms with Crippen molar-refractivity contribution in [2.75, 3.05) is 19.6 Å². The topological polar surface area (TPSA) is 65.4 Å². The van der Waals surface area contributed by atoms with Gasteiger partial charge >= 0.3 is 6.09 Å². The van der Waals surface area contributed by atoms with Gasteiger partial charge in [-0.25, -0.2) is 4.79 Å². The molecule has 0 aliphatic carbocycles. The SMILES string of the molecule is CC(C)OC(=O)N1CCNCC1C#N. The molecule has 1 heterocycles. The van der Waals surface area contributed by atoms with Gasteiger partial charge in [-0.3, -0.25) is 4.90 Å². The first-order valence-corrected chi connectivity index (χ1v) is 4.72. The zero-order valence-corrected chi connectivity index (χ0v) is 8.49. The summed E-state index contributed by atoms with van der Waals surface area (Å²) in [6.07, 6.45) is -0.537. The van der Waals surface area contributed by atoms with Crippen LogP contribution in [0.2, 0.25) is 0 Å². The molecular weight excluding hydrogens is 182 g/mol. The van der Waals surface area contributed by atoms with Crippen LogP contribution in [0.5, 0.6) is 0 Å². The molecule has 1 atom stereocenters. The Morgan fingerprint density at radius 2 is 2.43 bits per heavy atom. The number of nitrogens with one attached hydrogen (secondary N) is 1. The number of nitrogens with zero attached hydrogens (tertiary/aromatic N) is 2. The molecule has 0 saturated carbocycles. The number of rotatable bonds is 1. The predicted octanol–water partition coefficient (Wildman–Crippen LogP) is 0.329. The van der Waals surface area contributed by atoms with Crippen molar-refractivity contribution in [3.8, 4) is 6.07 Å². The zero-order valence-electron chi connectivity index (χ0n) is 8.49. The molecule has 1 aliphatic rings. The molecule has 1 amide bonds. The van der Waals surface area contributed by atoms with Crippen LogP contribution in [0.25, 0.3) is 0 Å². The minimum absolute atomic E-state index is 0.142. The van der Waals surface area contributed by atoms with Crippen LogP contribution in [0.1, 0.15) is 13.8 Å². The minimum atomic E-state index is -0.407. The lowest BCUT2D eigenvalue weighted by atomic mass is 10.2. The molecule has 5 heteroatoms. The first-order chi connectivity index (χ1) is 6.65. The predicted molar refractivity (Wildman–Crippen MR) is 50.6 cm³/mol. The van der Waals surface area contributed by atoms with Crippen molar-refractivity contribution in [3.63, 3.8) is 0 Å². The summed E-state index contributed by atoms with van der Waals surface area (Å²) in [5, 5.41) is 11.9. The van der Waals surface area contributed by atoms with Crippen molar-refractivity contribution < 1.29 is 9.53 Å². The summed E-state index contributed by atoms with van der Waals surface area (Å²) in [5.41, 5.74) is 0. The van der Waals surface area contributed by atoms with Gasteiger partial charge in [-0.1, -0.05) is 0 Å². The van der Waals surface area contributed by atoms with E-state index in [1.54, 1.807) is 13.8 Å². The highest BCUT2D eigenvalue weighted by Gasteiger charge is 2.27. The van der Waals surface area contributed by atoms with Crippen molar-refractivity contribution in [1.82, 2.24) is 10.2 Å². The fraction of sp³-hybridized carbons (Fsp3) is 0.778. The Morgan fingerprint density at radius 1 is 1.71 bits per heavy atom. The molecule has 1 rings (SSSR count). The highest BCUT2D eigenvalue weighted by molar-refractivity contribution is 5.69. The molecule has 0 aromatic rings. The lowest BCUT2D eigenvalue weighted by Gasteiger charge is -2.31. The summed E-state index contributed by atoms with van der Waals surface area (Å²) < 4.78 is 5.03. The molecule has 78 valence electrons. The van der Waals surface area contributed by atoms with Crippen LogP contribution in [0.4, 0.5) is 4.79 Å². The number of carbonyl (C=O) groups excluding carboxylic acids is 1. The van der Waals surface area contributed by atoms with Gasteiger partial charge in [0.2, 0.25) is 0 Å². The van der Waals surface area contributed by atoms with Crippen LogP contribution in [-0.2, 0) is 4.74 Å². The van der Waals surface area contributed by atoms with E-state index >= 15 is 0 Å². The molecule has 0 bridgehead atoms. The molecule has 1 aliphatic heterocycles. The molecule has 1 unspecified atom stereocenters. The van der Waals surface area contributed by atoms with E-state index in [9.17, 15) is 4.79 Å². The van der Waals surface area contributed by atoms with E-state index in [4.69, 9.17) is 10.00 Å². The van der Waals surface area contributed by atoms with E-state index in [0.29, 0.717) is 19.6 Å². The Morgan fingerprint density at radius 3 is 3.00 bits per heavy atom. The molecule has 1 N–H and O–H groups in total. The number of hydrogen-bond donors (Lipinski definition) is 1. The van der Waals surface area contributed by atoms with Gasteiger partial charge in [0.1, 0.15) is 6.04 Å². The standard InChI is InChI=1S/C9H15N3O2/c1-7(2)14-9(13)12-4-3-11-6-8(12)5-10/h7-8,11H,3-4,6H2,1-2H3. The first kappa shape index (κ1) is 10.8. The minimum Gasteiger partial charge on any atom is -0.447 e. The molecule has 1 fully saturated rings. The van der Waals surface area contributed by atoms with E-state index < -0.39 is 12.1 Å². The smallest absolute Gasteiger partial charge is 0.411 e. The van der Waals surface area contributed by atoms with E-state index in [2.05, 4.69) is 11.4 Å². The Labute approximate surface area is 83.6 Å². The van der Waals surface area contributed by atoms with Gasteiger partial charge in [0.25, 0.3) is 0 Å². The molecule has 14 heavy (non-hydrogen) atoms. The van der Waals surface area contributed by atoms with Crippen LogP contribution in [-0.4, -0.2) is 42.8 Å². The lowest BCUT2D eigenvalue weighted by molar-refractivity contribution is 0.0647. The normalized spacial score (nSPS) is 21.9. The largest absolute Gasteiger partial charge is 0.447 e. The van der Waals surface area contributed by atoms with Crippen molar-refractivity contribution in [2.45, 2.75) is 26.0 Å². The molecule has 0 spiro atoms. The van der Waals surface area contributed by atoms with Crippen molar-refractivity contribution >= 4 is 6.09 Å². The number of carbonyl (C=O) groups is 1. The maximum atomic E-state index is 11.5. The molecule has 0 radical (unpaired) electrons. The lowest BCUT2D eigenvalue weighted by Crippen LogP contribution is -2.53. The fourth-order valence-corrected chi connectivity index (χ4v) is 1.31. The second-order valence-corrected chi connectivity index (χ2v) is 3.47. The summed E-state index contributed by atoms with van der Waals surface area (Å²) in [4.78, 5) is 13.0. The highest BCUT2D eigenvalue weighted by Crippen LogP contribution is 2.06. The number of ether oxygens (including phenoxy) is 1. The highest BCUT2D eigenvalue weighted by atomic mass is 16.6. The van der Waals surface area contributed by atoms with E-state index in [1.165, 1.54) is 4.90 Å². The molecule has 5 nitrogen and oxygen atoms in total. The zero-order chi connectivity index (χ0) is 10.6. The third-order valence-corrected chi connectivity index (χ3v) is 1.96. The summed E-state index contributed by atoms with van der Waals surface area (Å²) >= 11 is 0. The molecular formula is C9H15N3O2. The summed E-state index contributed by atoms with van der Waals surface area (Å²) in [7, 11) is 0. The molecule has 0 aromatic carbocycles. The van der Waals surface area contributed by atoms with Gasteiger partial charge < -0.3 is 10.1 Å². The molecule has 0 aromatic heterocycles. The van der Waals surface area contributed by atoms with Crippen LogP contribution >= 0.6 is 0 Å². The Balaban J connectivity index is 2.55. The Kier molecular flexibility index (Phi) is 3.72. The van der Waals surface area contributed by atoms with Crippen molar-refractivity contribution in [2.24, 2.45) is 0 Å². The van der Waals surface area contributed by atoms with Gasteiger partial charge in [-0.15, -0.1) is 0 Å². The molecule has 1 saturated heterocycles. The van der Waals surface area contributed by atoms with Crippen LogP contribution < -0.4 is 5.32 Å². The van der Waals surface area contributed by atoms with Gasteiger partial charge in [-0.2, -0.15) is 5.26 Å². The third kappa shape index (κ3) is 2.60. The Bertz CT molecular complexity index is 247. The van der Waals surface area contributed by atoms with E-state index in [1.807, 2.05) is 0 Å². The number of hydrogen-bond acceptors (Lipinski definition) is 4. The van der Waals surface area contributed by atoms with E-state index in [0.717, 1.165) is 0 Å². The van der Waals surface area contributed by atoms with Crippen LogP contribution in [0, 0.1) is 11.3 Å².